The van der Waals surface area contributed by atoms with Crippen molar-refractivity contribution in [1.82, 2.24) is 0 Å². The largest absolute Gasteiger partial charge is 0.497 e. The Bertz CT molecular complexity index is 876. The quantitative estimate of drug-likeness (QED) is 0.645. The molecule has 162 valence electrons. The summed E-state index contributed by atoms with van der Waals surface area (Å²) in [5, 5.41) is 3.31. The van der Waals surface area contributed by atoms with Gasteiger partial charge in [0.15, 0.2) is 6.10 Å². The highest BCUT2D eigenvalue weighted by Crippen LogP contribution is 2.45. The summed E-state index contributed by atoms with van der Waals surface area (Å²) < 4.78 is 23.7. The number of anilines is 1. The van der Waals surface area contributed by atoms with E-state index in [1.54, 1.807) is 31.4 Å². The van der Waals surface area contributed by atoms with Crippen LogP contribution >= 0.6 is 0 Å². The molecular formula is C24H31NO5. The Kier molecular flexibility index (Phi) is 6.56. The Morgan fingerprint density at radius 1 is 1.17 bits per heavy atom. The molecule has 1 aliphatic heterocycles. The Morgan fingerprint density at radius 3 is 2.47 bits per heavy atom. The fourth-order valence-corrected chi connectivity index (χ4v) is 3.60. The zero-order valence-corrected chi connectivity index (χ0v) is 18.5. The zero-order valence-electron chi connectivity index (χ0n) is 18.5. The van der Waals surface area contributed by atoms with Gasteiger partial charge in [-0.1, -0.05) is 0 Å². The van der Waals surface area contributed by atoms with E-state index in [-0.39, 0.29) is 6.10 Å². The number of hydrogen-bond acceptors (Lipinski definition) is 6. The predicted molar refractivity (Wildman–Crippen MR) is 116 cm³/mol. The van der Waals surface area contributed by atoms with Gasteiger partial charge in [-0.3, -0.25) is 0 Å². The van der Waals surface area contributed by atoms with Crippen LogP contribution in [0.1, 0.15) is 56.6 Å². The van der Waals surface area contributed by atoms with Gasteiger partial charge in [0.1, 0.15) is 23.2 Å². The molecule has 0 radical (unpaired) electrons. The van der Waals surface area contributed by atoms with Crippen LogP contribution in [0.25, 0.3) is 0 Å². The second kappa shape index (κ2) is 8.96. The number of carbonyl (C=O) groups excluding carboxylic acids is 1. The Balaban J connectivity index is 1.95. The fraction of sp³-hybridized carbons (Fsp3) is 0.458. The van der Waals surface area contributed by atoms with Crippen molar-refractivity contribution >= 4 is 11.7 Å². The minimum Gasteiger partial charge on any atom is -0.497 e. The molecule has 1 heterocycles. The van der Waals surface area contributed by atoms with Crippen molar-refractivity contribution in [3.63, 3.8) is 0 Å². The summed E-state index contributed by atoms with van der Waals surface area (Å²) in [6.45, 7) is 10.6. The highest BCUT2D eigenvalue weighted by molar-refractivity contribution is 5.89. The maximum Gasteiger partial charge on any atom is 0.338 e. The summed E-state index contributed by atoms with van der Waals surface area (Å²) in [5.41, 5.74) is 1.52. The highest BCUT2D eigenvalue weighted by atomic mass is 16.6. The molecule has 1 aliphatic rings. The number of fused-ring (bicyclic) bond motifs is 1. The van der Waals surface area contributed by atoms with Crippen LogP contribution in [-0.2, 0) is 9.47 Å². The van der Waals surface area contributed by atoms with Crippen LogP contribution in [-0.4, -0.2) is 37.4 Å². The predicted octanol–water partition coefficient (Wildman–Crippen LogP) is 4.99. The molecule has 0 aliphatic carbocycles. The fourth-order valence-electron chi connectivity index (χ4n) is 3.60. The summed E-state index contributed by atoms with van der Waals surface area (Å²) >= 11 is 0. The number of benzene rings is 2. The molecular weight excluding hydrogens is 382 g/mol. The lowest BCUT2D eigenvalue weighted by Crippen LogP contribution is -2.52. The van der Waals surface area contributed by atoms with Crippen molar-refractivity contribution in [1.29, 1.82) is 0 Å². The highest BCUT2D eigenvalue weighted by Gasteiger charge is 2.48. The third-order valence-corrected chi connectivity index (χ3v) is 5.01. The van der Waals surface area contributed by atoms with Gasteiger partial charge in [-0.05, 0) is 77.1 Å². The van der Waals surface area contributed by atoms with E-state index in [0.717, 1.165) is 23.5 Å². The number of rotatable bonds is 7. The first-order valence-electron chi connectivity index (χ1n) is 10.3. The molecule has 2 aromatic rings. The van der Waals surface area contributed by atoms with Crippen molar-refractivity contribution in [3.05, 3.63) is 53.6 Å². The van der Waals surface area contributed by atoms with E-state index >= 15 is 0 Å². The first-order valence-corrected chi connectivity index (χ1v) is 10.3. The van der Waals surface area contributed by atoms with Gasteiger partial charge in [0.05, 0.1) is 18.8 Å². The number of esters is 1. The van der Waals surface area contributed by atoms with Gasteiger partial charge in [0.25, 0.3) is 0 Å². The molecule has 6 heteroatoms. The number of ether oxygens (including phenoxy) is 4. The number of nitrogens with one attached hydrogen (secondary N) is 1. The molecule has 0 saturated carbocycles. The summed E-state index contributed by atoms with van der Waals surface area (Å²) in [7, 11) is 1.59. The van der Waals surface area contributed by atoms with Crippen LogP contribution in [0.2, 0.25) is 0 Å². The van der Waals surface area contributed by atoms with Crippen LogP contribution in [0.3, 0.4) is 0 Å². The Morgan fingerprint density at radius 2 is 1.87 bits per heavy atom. The molecule has 0 spiro atoms. The van der Waals surface area contributed by atoms with Crippen molar-refractivity contribution in [3.8, 4) is 11.5 Å². The monoisotopic (exact) mass is 413 g/mol. The summed E-state index contributed by atoms with van der Waals surface area (Å²) in [6.07, 6.45) is -1.13. The van der Waals surface area contributed by atoms with Crippen molar-refractivity contribution in [2.75, 3.05) is 19.0 Å². The van der Waals surface area contributed by atoms with Crippen LogP contribution in [0, 0.1) is 0 Å². The van der Waals surface area contributed by atoms with Gasteiger partial charge in [0.2, 0.25) is 0 Å². The second-order valence-corrected chi connectivity index (χ2v) is 8.15. The van der Waals surface area contributed by atoms with Crippen molar-refractivity contribution in [2.45, 2.75) is 58.5 Å². The molecule has 30 heavy (non-hydrogen) atoms. The van der Waals surface area contributed by atoms with Crippen LogP contribution < -0.4 is 14.8 Å². The van der Waals surface area contributed by atoms with E-state index in [9.17, 15) is 4.79 Å². The Hall–Kier alpha value is -2.73. The van der Waals surface area contributed by atoms with Crippen LogP contribution in [0.5, 0.6) is 11.5 Å². The minimum absolute atomic E-state index is 0.0540. The van der Waals surface area contributed by atoms with E-state index in [0.29, 0.717) is 11.3 Å². The molecule has 0 fully saturated rings. The molecule has 6 nitrogen and oxygen atoms in total. The molecule has 1 N–H and O–H groups in total. The summed E-state index contributed by atoms with van der Waals surface area (Å²) in [4.78, 5) is 12.9. The van der Waals surface area contributed by atoms with Gasteiger partial charge >= 0.3 is 5.97 Å². The molecule has 3 rings (SSSR count). The minimum atomic E-state index is -0.769. The third-order valence-electron chi connectivity index (χ3n) is 5.01. The average Bonchev–Trinajstić information content (AvgIpc) is 2.70. The van der Waals surface area contributed by atoms with Gasteiger partial charge in [-0.25, -0.2) is 4.79 Å². The SMILES string of the molecule is CCNc1ccc2c(c1)C(OC(C)C)C(OC(=O)c1ccc(OC)cc1)C(C)(C)O2. The lowest BCUT2D eigenvalue weighted by atomic mass is 9.87. The molecule has 2 unspecified atom stereocenters. The van der Waals surface area contributed by atoms with Crippen molar-refractivity contribution < 1.29 is 23.7 Å². The average molecular weight is 414 g/mol. The first kappa shape index (κ1) is 22.0. The van der Waals surface area contributed by atoms with Crippen LogP contribution in [0.15, 0.2) is 42.5 Å². The molecule has 2 atom stereocenters. The number of methoxy groups -OCH3 is 1. The number of hydrogen-bond donors (Lipinski definition) is 1. The molecule has 2 aromatic carbocycles. The van der Waals surface area contributed by atoms with Crippen molar-refractivity contribution in [2.24, 2.45) is 0 Å². The molecule has 0 bridgehead atoms. The van der Waals surface area contributed by atoms with E-state index in [1.807, 2.05) is 52.8 Å². The lowest BCUT2D eigenvalue weighted by molar-refractivity contribution is -0.151. The Labute approximate surface area is 178 Å². The van der Waals surface area contributed by atoms with Gasteiger partial charge in [-0.15, -0.1) is 0 Å². The van der Waals surface area contributed by atoms with Gasteiger partial charge in [0, 0.05) is 17.8 Å². The van der Waals surface area contributed by atoms with Gasteiger partial charge in [-0.2, -0.15) is 0 Å². The maximum atomic E-state index is 12.9. The second-order valence-electron chi connectivity index (χ2n) is 8.15. The van der Waals surface area contributed by atoms with Crippen LogP contribution in [0.4, 0.5) is 5.69 Å². The standard InChI is InChI=1S/C24H31NO5/c1-7-25-17-10-13-20-19(14-17)21(28-15(2)3)22(24(4,5)30-20)29-23(26)16-8-11-18(27-6)12-9-16/h8-15,21-22,25H,7H2,1-6H3. The number of carbonyl (C=O) groups is 1. The van der Waals surface area contributed by atoms with E-state index in [2.05, 4.69) is 5.32 Å². The first-order chi connectivity index (χ1) is 14.2. The topological polar surface area (TPSA) is 66.0 Å². The molecule has 0 aromatic heterocycles. The zero-order chi connectivity index (χ0) is 21.9. The summed E-state index contributed by atoms with van der Waals surface area (Å²) in [5.74, 6) is 0.991. The smallest absolute Gasteiger partial charge is 0.338 e. The van der Waals surface area contributed by atoms with E-state index in [4.69, 9.17) is 18.9 Å². The lowest BCUT2D eigenvalue weighted by Gasteiger charge is -2.44. The maximum absolute atomic E-state index is 12.9. The van der Waals surface area contributed by atoms with E-state index < -0.39 is 23.8 Å². The normalized spacial score (nSPS) is 19.6. The third kappa shape index (κ3) is 4.70. The molecule has 0 amide bonds. The summed E-state index contributed by atoms with van der Waals surface area (Å²) in [6, 6.07) is 12.8. The van der Waals surface area contributed by atoms with Gasteiger partial charge < -0.3 is 24.3 Å². The molecule has 0 saturated heterocycles. The van der Waals surface area contributed by atoms with E-state index in [1.165, 1.54) is 0 Å².